The number of anilines is 2. The summed E-state index contributed by atoms with van der Waals surface area (Å²) in [5, 5.41) is 31.7. The Balaban J connectivity index is 0.000000174. The van der Waals surface area contributed by atoms with Crippen LogP contribution >= 0.6 is 0 Å². The van der Waals surface area contributed by atoms with Crippen LogP contribution in [0.5, 0.6) is 0 Å². The van der Waals surface area contributed by atoms with Crippen molar-refractivity contribution in [2.75, 3.05) is 23.9 Å². The number of carbonyl (C=O) groups is 4. The maximum atomic E-state index is 13.7. The lowest BCUT2D eigenvalue weighted by atomic mass is 9.85. The second-order valence-electron chi connectivity index (χ2n) is 19.8. The van der Waals surface area contributed by atoms with Crippen molar-refractivity contribution in [1.82, 2.24) is 35.6 Å². The Morgan fingerprint density at radius 2 is 0.986 bits per heavy atom. The van der Waals surface area contributed by atoms with Crippen LogP contribution in [0.1, 0.15) is 140 Å². The van der Waals surface area contributed by atoms with Crippen molar-refractivity contribution in [3.8, 4) is 22.6 Å². The number of hydrogen-bond donors (Lipinski definition) is 3. The Kier molecular flexibility index (Phi) is 11.7. The van der Waals surface area contributed by atoms with Crippen molar-refractivity contribution in [1.29, 1.82) is 0 Å². The van der Waals surface area contributed by atoms with E-state index in [0.29, 0.717) is 34.2 Å². The summed E-state index contributed by atoms with van der Waals surface area (Å²) >= 11 is 0. The van der Waals surface area contributed by atoms with Crippen LogP contribution in [-0.4, -0.2) is 78.5 Å². The molecule has 3 N–H and O–H groups in total. The molecule has 16 nitrogen and oxygen atoms in total. The fourth-order valence-corrected chi connectivity index (χ4v) is 9.16. The number of aryl methyl sites for hydroxylation is 2. The number of aromatic nitrogens is 6. The molecule has 0 radical (unpaired) electrons. The van der Waals surface area contributed by atoms with Crippen LogP contribution < -0.4 is 9.80 Å². The fourth-order valence-electron chi connectivity index (χ4n) is 9.16. The van der Waals surface area contributed by atoms with E-state index in [0.717, 1.165) is 56.0 Å². The minimum atomic E-state index is -1.15. The maximum Gasteiger partial charge on any atom is 0.358 e. The molecule has 4 aromatic carbocycles. The first-order chi connectivity index (χ1) is 33.2. The molecule has 70 heavy (non-hydrogen) atoms. The summed E-state index contributed by atoms with van der Waals surface area (Å²) in [5.41, 5.74) is 11.4. The molecule has 16 heteroatoms. The minimum absolute atomic E-state index is 0.142. The number of carbonyl (C=O) groups excluding carboxylic acids is 3. The molecule has 0 spiro atoms. The minimum Gasteiger partial charge on any atom is -0.476 e. The lowest BCUT2D eigenvalue weighted by Gasteiger charge is -2.29. The Morgan fingerprint density at radius 1 is 0.600 bits per heavy atom. The van der Waals surface area contributed by atoms with Gasteiger partial charge in [0.1, 0.15) is 0 Å². The number of carboxylic acid groups (broad SMARTS) is 1. The van der Waals surface area contributed by atoms with Gasteiger partial charge in [-0.25, -0.2) is 4.79 Å². The van der Waals surface area contributed by atoms with Gasteiger partial charge in [-0.3, -0.25) is 34.4 Å². The van der Waals surface area contributed by atoms with Crippen LogP contribution in [0.15, 0.2) is 118 Å². The van der Waals surface area contributed by atoms with Crippen LogP contribution in [0, 0.1) is 13.8 Å². The molecule has 2 atom stereocenters. The SMILES string of the molecule is Cc1ccccc1C1c2c(n[nH]c2C(C)(C)C)C(=O)N1c1ccc(-c2cc(C(=O)N(C)C)no2)cc1.Cc1ccccc1C1c2c(n[nH]c2C(C)(C)C)C(=O)N1c1ccc(-c2cc(C(=O)O)no2)cc1. The van der Waals surface area contributed by atoms with Gasteiger partial charge in [0.15, 0.2) is 34.3 Å². The van der Waals surface area contributed by atoms with E-state index in [1.165, 1.54) is 11.0 Å². The van der Waals surface area contributed by atoms with Gasteiger partial charge in [-0.05, 0) is 84.6 Å². The van der Waals surface area contributed by atoms with Crippen molar-refractivity contribution >= 4 is 35.1 Å². The number of carboxylic acids is 1. The monoisotopic (exact) mass is 939 g/mol. The van der Waals surface area contributed by atoms with E-state index in [-0.39, 0.29) is 52.0 Å². The van der Waals surface area contributed by atoms with Gasteiger partial charge in [-0.2, -0.15) is 10.2 Å². The van der Waals surface area contributed by atoms with E-state index in [1.807, 2.05) is 84.6 Å². The first-order valence-corrected chi connectivity index (χ1v) is 22.8. The smallest absolute Gasteiger partial charge is 0.358 e. The second kappa shape index (κ2) is 17.6. The van der Waals surface area contributed by atoms with Crippen molar-refractivity contribution in [3.63, 3.8) is 0 Å². The summed E-state index contributed by atoms with van der Waals surface area (Å²) in [4.78, 5) is 55.6. The molecule has 8 aromatic rings. The van der Waals surface area contributed by atoms with Crippen molar-refractivity contribution in [3.05, 3.63) is 177 Å². The molecule has 3 amide bonds. The van der Waals surface area contributed by atoms with Crippen LogP contribution in [0.2, 0.25) is 0 Å². The molecular formula is C54H53N9O7. The van der Waals surface area contributed by atoms with Gasteiger partial charge in [-0.1, -0.05) is 100 Å². The molecule has 2 aliphatic heterocycles. The van der Waals surface area contributed by atoms with Gasteiger partial charge in [0, 0.05) is 82.1 Å². The number of rotatable bonds is 8. The normalized spacial score (nSPS) is 15.5. The first-order valence-electron chi connectivity index (χ1n) is 22.8. The number of hydrogen-bond acceptors (Lipinski definition) is 10. The quantitative estimate of drug-likeness (QED) is 0.131. The number of H-pyrrole nitrogens is 2. The molecule has 4 aromatic heterocycles. The van der Waals surface area contributed by atoms with Gasteiger partial charge in [0.2, 0.25) is 0 Å². The van der Waals surface area contributed by atoms with Crippen molar-refractivity contribution in [2.45, 2.75) is 78.3 Å². The van der Waals surface area contributed by atoms with Crippen molar-refractivity contribution < 1.29 is 33.3 Å². The van der Waals surface area contributed by atoms with Gasteiger partial charge < -0.3 is 19.1 Å². The molecule has 2 unspecified atom stereocenters. The highest BCUT2D eigenvalue weighted by Crippen LogP contribution is 2.48. The maximum absolute atomic E-state index is 13.7. The average molecular weight is 940 g/mol. The zero-order chi connectivity index (χ0) is 50.0. The molecule has 0 bridgehead atoms. The van der Waals surface area contributed by atoms with E-state index in [2.05, 4.69) is 91.3 Å². The molecule has 0 saturated carbocycles. The fraction of sp³-hybridized carbons (Fsp3) is 0.259. The Bertz CT molecular complexity index is 3310. The third-order valence-electron chi connectivity index (χ3n) is 12.7. The Labute approximate surface area is 404 Å². The molecular weight excluding hydrogens is 887 g/mol. The first kappa shape index (κ1) is 46.7. The number of aromatic amines is 2. The predicted molar refractivity (Wildman–Crippen MR) is 263 cm³/mol. The third kappa shape index (κ3) is 8.24. The lowest BCUT2D eigenvalue weighted by molar-refractivity contribution is 0.0684. The highest BCUT2D eigenvalue weighted by molar-refractivity contribution is 6.12. The third-order valence-corrected chi connectivity index (χ3v) is 12.7. The molecule has 2 aliphatic rings. The van der Waals surface area contributed by atoms with E-state index in [4.69, 9.17) is 14.2 Å². The van der Waals surface area contributed by atoms with E-state index >= 15 is 0 Å². The zero-order valence-corrected chi connectivity index (χ0v) is 40.6. The van der Waals surface area contributed by atoms with Gasteiger partial charge in [-0.15, -0.1) is 0 Å². The highest BCUT2D eigenvalue weighted by atomic mass is 16.5. The molecule has 10 rings (SSSR count). The molecule has 6 heterocycles. The van der Waals surface area contributed by atoms with E-state index < -0.39 is 5.97 Å². The van der Waals surface area contributed by atoms with E-state index in [1.54, 1.807) is 37.2 Å². The lowest BCUT2D eigenvalue weighted by Crippen LogP contribution is -2.30. The van der Waals surface area contributed by atoms with Crippen LogP contribution in [0.4, 0.5) is 11.4 Å². The zero-order valence-electron chi connectivity index (χ0n) is 40.6. The number of fused-ring (bicyclic) bond motifs is 2. The number of aromatic carboxylic acids is 1. The molecule has 356 valence electrons. The molecule has 0 aliphatic carbocycles. The summed E-state index contributed by atoms with van der Waals surface area (Å²) in [5.74, 6) is -0.867. The number of amides is 3. The number of nitrogens with one attached hydrogen (secondary N) is 2. The predicted octanol–water partition coefficient (Wildman–Crippen LogP) is 10.2. The van der Waals surface area contributed by atoms with Crippen LogP contribution in [0.3, 0.4) is 0 Å². The topological polar surface area (TPSA) is 208 Å². The Morgan fingerprint density at radius 3 is 1.34 bits per heavy atom. The summed E-state index contributed by atoms with van der Waals surface area (Å²) in [7, 11) is 3.33. The summed E-state index contributed by atoms with van der Waals surface area (Å²) in [6.07, 6.45) is 0. The largest absolute Gasteiger partial charge is 0.476 e. The van der Waals surface area contributed by atoms with Crippen molar-refractivity contribution in [2.24, 2.45) is 0 Å². The van der Waals surface area contributed by atoms with Crippen LogP contribution in [0.25, 0.3) is 22.6 Å². The van der Waals surface area contributed by atoms with Gasteiger partial charge in [0.05, 0.1) is 12.1 Å². The van der Waals surface area contributed by atoms with Crippen LogP contribution in [-0.2, 0) is 10.8 Å². The molecule has 0 fully saturated rings. The standard InChI is InChI=1S/C28H29N5O3.C26H24N4O4/c1-16-9-7-8-10-19(16)24-22-23(29-30-25(22)28(2,3)4)27(35)33(24)18-13-11-17(12-14-18)21-15-20(31-36-21)26(34)32(5)6;1-14-7-5-6-8-17(14)22-20-21(27-28-23(20)26(2,3)4)24(31)30(22)16-11-9-15(10-12-16)19-13-18(25(32)33)29-34-19/h7-15,24H,1-6H3,(H,29,30);5-13,22H,1-4H3,(H,27,28)(H,32,33). The van der Waals surface area contributed by atoms with Gasteiger partial charge >= 0.3 is 5.97 Å². The highest BCUT2D eigenvalue weighted by Gasteiger charge is 2.47. The van der Waals surface area contributed by atoms with E-state index in [9.17, 15) is 19.2 Å². The summed E-state index contributed by atoms with van der Waals surface area (Å²) in [6.45, 7) is 16.7. The summed E-state index contributed by atoms with van der Waals surface area (Å²) < 4.78 is 10.6. The second-order valence-corrected chi connectivity index (χ2v) is 19.8. The Hall–Kier alpha value is -8.40. The van der Waals surface area contributed by atoms with Gasteiger partial charge in [0.25, 0.3) is 17.7 Å². The average Bonchev–Trinajstić information content (AvgIpc) is 4.19. The number of benzene rings is 4. The number of nitrogens with zero attached hydrogens (tertiary/aromatic N) is 7. The molecule has 0 saturated heterocycles. The summed E-state index contributed by atoms with van der Waals surface area (Å²) in [6, 6.07) is 33.3.